The zero-order valence-corrected chi connectivity index (χ0v) is 15.0. The molecule has 0 bridgehead atoms. The van der Waals surface area contributed by atoms with Gasteiger partial charge < -0.3 is 14.4 Å². The van der Waals surface area contributed by atoms with Crippen LogP contribution in [0.2, 0.25) is 0 Å². The number of carbonyl (C=O) groups is 1. The van der Waals surface area contributed by atoms with Crippen molar-refractivity contribution in [3.05, 3.63) is 52.8 Å². The maximum atomic E-state index is 14.6. The van der Waals surface area contributed by atoms with E-state index < -0.39 is 5.92 Å². The number of benzene rings is 2. The van der Waals surface area contributed by atoms with Gasteiger partial charge in [0.15, 0.2) is 11.5 Å². The molecule has 0 aliphatic carbocycles. The fourth-order valence-corrected chi connectivity index (χ4v) is 3.76. The topological polar surface area (TPSA) is 38.8 Å². The summed E-state index contributed by atoms with van der Waals surface area (Å²) in [4.78, 5) is 14.8. The number of nitrogens with zero attached hydrogens (tertiary/aromatic N) is 1. The maximum absolute atomic E-state index is 14.6. The predicted molar refractivity (Wildman–Crippen MR) is 97.7 cm³/mol. The van der Waals surface area contributed by atoms with Gasteiger partial charge in [-0.15, -0.1) is 0 Å². The molecule has 136 valence electrons. The van der Waals surface area contributed by atoms with Gasteiger partial charge in [-0.2, -0.15) is 0 Å². The molecule has 2 aliphatic heterocycles. The fraction of sp³-hybridized carbons (Fsp3) is 0.381. The van der Waals surface area contributed by atoms with Gasteiger partial charge in [0.1, 0.15) is 19.0 Å². The lowest BCUT2D eigenvalue weighted by Gasteiger charge is -2.32. The molecule has 5 heteroatoms. The number of aryl methyl sites for hydroxylation is 2. The molecule has 26 heavy (non-hydrogen) atoms. The average molecular weight is 355 g/mol. The van der Waals surface area contributed by atoms with Crippen LogP contribution >= 0.6 is 0 Å². The van der Waals surface area contributed by atoms with Crippen molar-refractivity contribution in [3.8, 4) is 11.5 Å². The SMILES string of the molecule is Cc1cc(F)c2c(c1)CCCN2C(=O)C(C)c1ccc2c(c1)OCCO2. The van der Waals surface area contributed by atoms with Crippen molar-refractivity contribution in [2.75, 3.05) is 24.7 Å². The van der Waals surface area contributed by atoms with Crippen LogP contribution in [0.1, 0.15) is 36.0 Å². The summed E-state index contributed by atoms with van der Waals surface area (Å²) in [6, 6.07) is 9.05. The molecule has 2 aromatic carbocycles. The lowest BCUT2D eigenvalue weighted by molar-refractivity contribution is -0.119. The van der Waals surface area contributed by atoms with Crippen molar-refractivity contribution >= 4 is 11.6 Å². The summed E-state index contributed by atoms with van der Waals surface area (Å²) in [6.45, 7) is 5.31. The molecule has 4 nitrogen and oxygen atoms in total. The van der Waals surface area contributed by atoms with Gasteiger partial charge in [-0.25, -0.2) is 4.39 Å². The van der Waals surface area contributed by atoms with Crippen molar-refractivity contribution in [2.45, 2.75) is 32.6 Å². The van der Waals surface area contributed by atoms with Crippen molar-refractivity contribution in [3.63, 3.8) is 0 Å². The van der Waals surface area contributed by atoms with E-state index in [1.807, 2.05) is 38.1 Å². The summed E-state index contributed by atoms with van der Waals surface area (Å²) in [5.74, 6) is 0.559. The van der Waals surface area contributed by atoms with Crippen LogP contribution in [-0.4, -0.2) is 25.7 Å². The molecular weight excluding hydrogens is 333 g/mol. The summed E-state index contributed by atoms with van der Waals surface area (Å²) < 4.78 is 25.8. The highest BCUT2D eigenvalue weighted by molar-refractivity contribution is 5.99. The molecule has 0 saturated heterocycles. The van der Waals surface area contributed by atoms with Crippen LogP contribution in [0, 0.1) is 12.7 Å². The number of carbonyl (C=O) groups excluding carboxylic acids is 1. The minimum absolute atomic E-state index is 0.0922. The van der Waals surface area contributed by atoms with Gasteiger partial charge in [-0.1, -0.05) is 12.1 Å². The minimum Gasteiger partial charge on any atom is -0.486 e. The van der Waals surface area contributed by atoms with E-state index in [1.54, 1.807) is 4.90 Å². The number of ether oxygens (including phenoxy) is 2. The first-order valence-electron chi connectivity index (χ1n) is 9.04. The number of hydrogen-bond acceptors (Lipinski definition) is 3. The Labute approximate surface area is 152 Å². The van der Waals surface area contributed by atoms with Gasteiger partial charge in [0, 0.05) is 6.54 Å². The number of rotatable bonds is 2. The zero-order chi connectivity index (χ0) is 18.3. The first-order chi connectivity index (χ1) is 12.5. The largest absolute Gasteiger partial charge is 0.486 e. The van der Waals surface area contributed by atoms with E-state index in [-0.39, 0.29) is 11.7 Å². The van der Waals surface area contributed by atoms with Crippen LogP contribution in [0.25, 0.3) is 0 Å². The second kappa shape index (κ2) is 6.63. The molecule has 2 aliphatic rings. The summed E-state index contributed by atoms with van der Waals surface area (Å²) in [5.41, 5.74) is 3.09. The van der Waals surface area contributed by atoms with E-state index >= 15 is 0 Å². The third kappa shape index (κ3) is 2.91. The highest BCUT2D eigenvalue weighted by Crippen LogP contribution is 2.36. The average Bonchev–Trinajstić information content (AvgIpc) is 2.65. The first-order valence-corrected chi connectivity index (χ1v) is 9.04. The Kier molecular flexibility index (Phi) is 4.31. The Hall–Kier alpha value is -2.56. The smallest absolute Gasteiger partial charge is 0.234 e. The Morgan fingerprint density at radius 2 is 1.92 bits per heavy atom. The second-order valence-corrected chi connectivity index (χ2v) is 6.97. The molecule has 0 radical (unpaired) electrons. The maximum Gasteiger partial charge on any atom is 0.234 e. The van der Waals surface area contributed by atoms with E-state index in [2.05, 4.69) is 0 Å². The van der Waals surface area contributed by atoms with Crippen LogP contribution in [0.5, 0.6) is 11.5 Å². The lowest BCUT2D eigenvalue weighted by Crippen LogP contribution is -2.39. The Morgan fingerprint density at radius 1 is 1.15 bits per heavy atom. The summed E-state index contributed by atoms with van der Waals surface area (Å²) >= 11 is 0. The minimum atomic E-state index is -0.391. The molecule has 4 rings (SSSR count). The van der Waals surface area contributed by atoms with E-state index in [0.29, 0.717) is 36.9 Å². The van der Waals surface area contributed by atoms with Gasteiger partial charge in [-0.3, -0.25) is 4.79 Å². The number of fused-ring (bicyclic) bond motifs is 2. The second-order valence-electron chi connectivity index (χ2n) is 6.97. The lowest BCUT2D eigenvalue weighted by atomic mass is 9.94. The molecule has 0 spiro atoms. The van der Waals surface area contributed by atoms with Gasteiger partial charge in [0.2, 0.25) is 5.91 Å². The first kappa shape index (κ1) is 16.9. The molecule has 2 heterocycles. The van der Waals surface area contributed by atoms with Crippen LogP contribution in [0.15, 0.2) is 30.3 Å². The van der Waals surface area contributed by atoms with Crippen molar-refractivity contribution < 1.29 is 18.7 Å². The Bertz CT molecular complexity index is 865. The van der Waals surface area contributed by atoms with Crippen LogP contribution < -0.4 is 14.4 Å². The standard InChI is InChI=1S/C21H22FNO3/c1-13-10-16-4-3-7-23(20(16)17(22)11-13)21(24)14(2)15-5-6-18-19(12-15)26-9-8-25-18/h5-6,10-12,14H,3-4,7-9H2,1-2H3. The highest BCUT2D eigenvalue weighted by atomic mass is 19.1. The quantitative estimate of drug-likeness (QED) is 0.818. The molecule has 0 saturated carbocycles. The number of amides is 1. The van der Waals surface area contributed by atoms with Gasteiger partial charge in [0.05, 0.1) is 11.6 Å². The third-order valence-electron chi connectivity index (χ3n) is 5.09. The van der Waals surface area contributed by atoms with Crippen molar-refractivity contribution in [1.82, 2.24) is 0 Å². The Balaban J connectivity index is 1.65. The summed E-state index contributed by atoms with van der Waals surface area (Å²) in [6.07, 6.45) is 1.64. The number of hydrogen-bond donors (Lipinski definition) is 0. The third-order valence-corrected chi connectivity index (χ3v) is 5.09. The van der Waals surface area contributed by atoms with Crippen molar-refractivity contribution in [2.24, 2.45) is 0 Å². The molecular formula is C21H22FNO3. The van der Waals surface area contributed by atoms with Crippen LogP contribution in [0.3, 0.4) is 0 Å². The molecule has 0 N–H and O–H groups in total. The zero-order valence-electron chi connectivity index (χ0n) is 15.0. The number of anilines is 1. The predicted octanol–water partition coefficient (Wildman–Crippen LogP) is 3.99. The van der Waals surface area contributed by atoms with E-state index in [4.69, 9.17) is 9.47 Å². The molecule has 1 unspecified atom stereocenters. The molecule has 0 aromatic heterocycles. The van der Waals surface area contributed by atoms with E-state index in [1.165, 1.54) is 6.07 Å². The fourth-order valence-electron chi connectivity index (χ4n) is 3.76. The normalized spacial score (nSPS) is 16.8. The van der Waals surface area contributed by atoms with Crippen LogP contribution in [-0.2, 0) is 11.2 Å². The van der Waals surface area contributed by atoms with Gasteiger partial charge in [-0.05, 0) is 61.6 Å². The molecule has 2 aromatic rings. The summed E-state index contributed by atoms with van der Waals surface area (Å²) in [7, 11) is 0. The Morgan fingerprint density at radius 3 is 2.73 bits per heavy atom. The monoisotopic (exact) mass is 355 g/mol. The van der Waals surface area contributed by atoms with Gasteiger partial charge >= 0.3 is 0 Å². The van der Waals surface area contributed by atoms with E-state index in [9.17, 15) is 9.18 Å². The van der Waals surface area contributed by atoms with Crippen LogP contribution in [0.4, 0.5) is 10.1 Å². The van der Waals surface area contributed by atoms with Crippen molar-refractivity contribution in [1.29, 1.82) is 0 Å². The molecule has 1 amide bonds. The molecule has 1 atom stereocenters. The highest BCUT2D eigenvalue weighted by Gasteiger charge is 2.30. The van der Waals surface area contributed by atoms with E-state index in [0.717, 1.165) is 29.5 Å². The number of halogens is 1. The molecule has 0 fully saturated rings. The summed E-state index contributed by atoms with van der Waals surface area (Å²) in [5, 5.41) is 0. The van der Waals surface area contributed by atoms with Gasteiger partial charge in [0.25, 0.3) is 0 Å².